The molecule has 0 radical (unpaired) electrons. The summed E-state index contributed by atoms with van der Waals surface area (Å²) in [6.07, 6.45) is 13.0. The fourth-order valence-electron chi connectivity index (χ4n) is 7.70. The molecule has 1 heterocycles. The number of ether oxygens (including phenoxy) is 1. The van der Waals surface area contributed by atoms with Crippen molar-refractivity contribution in [3.05, 3.63) is 12.2 Å². The highest BCUT2D eigenvalue weighted by molar-refractivity contribution is 5.27. The predicted octanol–water partition coefficient (Wildman–Crippen LogP) is 3.26. The van der Waals surface area contributed by atoms with E-state index in [0.717, 1.165) is 12.8 Å². The number of allylic oxidation sites excluding steroid dienone is 2. The first-order valence-corrected chi connectivity index (χ1v) is 9.50. The van der Waals surface area contributed by atoms with Crippen LogP contribution in [0, 0.1) is 33.5 Å². The Bertz CT molecular complexity index is 587. The Balaban J connectivity index is 1.60. The molecule has 3 heteroatoms. The van der Waals surface area contributed by atoms with Gasteiger partial charge in [-0.15, -0.1) is 0 Å². The lowest BCUT2D eigenvalue weighted by molar-refractivity contribution is -0.270. The first kappa shape index (κ1) is 14.9. The molecule has 3 nitrogen and oxygen atoms in total. The van der Waals surface area contributed by atoms with E-state index < -0.39 is 11.2 Å². The van der Waals surface area contributed by atoms with Crippen LogP contribution >= 0.6 is 0 Å². The molecule has 128 valence electrons. The maximum absolute atomic E-state index is 11.0. The zero-order valence-electron chi connectivity index (χ0n) is 14.5. The van der Waals surface area contributed by atoms with Crippen LogP contribution in [0.5, 0.6) is 0 Å². The molecule has 0 amide bonds. The summed E-state index contributed by atoms with van der Waals surface area (Å²) >= 11 is 0. The zero-order chi connectivity index (χ0) is 16.1. The molecular weight excluding hydrogens is 288 g/mol. The minimum atomic E-state index is -1.11. The second-order valence-corrected chi connectivity index (χ2v) is 9.91. The molecule has 4 bridgehead atoms. The van der Waals surface area contributed by atoms with E-state index in [0.29, 0.717) is 35.7 Å². The van der Waals surface area contributed by atoms with Gasteiger partial charge in [0.05, 0.1) is 18.6 Å². The van der Waals surface area contributed by atoms with Gasteiger partial charge in [-0.05, 0) is 61.2 Å². The van der Waals surface area contributed by atoms with Crippen molar-refractivity contribution in [2.75, 3.05) is 13.2 Å². The van der Waals surface area contributed by atoms with E-state index in [9.17, 15) is 10.2 Å². The van der Waals surface area contributed by atoms with Crippen molar-refractivity contribution in [3.63, 3.8) is 0 Å². The number of rotatable bonds is 1. The van der Waals surface area contributed by atoms with Crippen molar-refractivity contribution in [1.29, 1.82) is 0 Å². The van der Waals surface area contributed by atoms with Gasteiger partial charge in [-0.2, -0.15) is 0 Å². The van der Waals surface area contributed by atoms with E-state index >= 15 is 0 Å². The van der Waals surface area contributed by atoms with Crippen molar-refractivity contribution >= 4 is 0 Å². The third-order valence-electron chi connectivity index (χ3n) is 9.19. The Kier molecular flexibility index (Phi) is 2.63. The van der Waals surface area contributed by atoms with Crippen LogP contribution in [0.15, 0.2) is 12.2 Å². The van der Waals surface area contributed by atoms with Gasteiger partial charge in [0.15, 0.2) is 5.79 Å². The summed E-state index contributed by atoms with van der Waals surface area (Å²) in [5, 5.41) is 21.3. The third-order valence-corrected chi connectivity index (χ3v) is 9.19. The minimum absolute atomic E-state index is 0.0329. The molecule has 5 aliphatic rings. The molecule has 0 aromatic heterocycles. The fourth-order valence-corrected chi connectivity index (χ4v) is 7.70. The molecule has 4 aliphatic carbocycles. The van der Waals surface area contributed by atoms with Crippen LogP contribution in [0.3, 0.4) is 0 Å². The highest BCUT2D eigenvalue weighted by Gasteiger charge is 2.74. The molecular formula is C20H30O3. The van der Waals surface area contributed by atoms with Gasteiger partial charge in [0.1, 0.15) is 0 Å². The zero-order valence-corrected chi connectivity index (χ0v) is 14.5. The maximum Gasteiger partial charge on any atom is 0.173 e. The van der Waals surface area contributed by atoms with Crippen LogP contribution in [0.4, 0.5) is 0 Å². The van der Waals surface area contributed by atoms with E-state index in [1.54, 1.807) is 0 Å². The maximum atomic E-state index is 11.0. The fraction of sp³-hybridized carbons (Fsp3) is 0.900. The van der Waals surface area contributed by atoms with Crippen LogP contribution in [-0.2, 0) is 4.74 Å². The van der Waals surface area contributed by atoms with Crippen LogP contribution in [-0.4, -0.2) is 29.2 Å². The first-order chi connectivity index (χ1) is 10.8. The van der Waals surface area contributed by atoms with Gasteiger partial charge < -0.3 is 14.9 Å². The number of hydrogen-bond donors (Lipinski definition) is 2. The van der Waals surface area contributed by atoms with E-state index in [1.165, 1.54) is 25.7 Å². The van der Waals surface area contributed by atoms with E-state index in [1.807, 2.05) is 0 Å². The number of fused-ring (bicyclic) bond motifs is 3. The number of aliphatic hydroxyl groups is 2. The highest BCUT2D eigenvalue weighted by Crippen LogP contribution is 2.75. The van der Waals surface area contributed by atoms with Crippen molar-refractivity contribution in [2.45, 2.75) is 64.6 Å². The first-order valence-electron chi connectivity index (χ1n) is 9.50. The standard InChI is InChI=1S/C20H30O3/c1-16-5-3-14-15-4-6-20(22)17(2,12-21)19(15,13-23-20)10-9-18(14,11-16)8-7-16/h7-8,14-15,21-22H,3-6,9-13H2,1-2H3/t14-,15?,16+,17-,18+,19-,20+/m1/s1. The monoisotopic (exact) mass is 318 g/mol. The highest BCUT2D eigenvalue weighted by atomic mass is 16.6. The van der Waals surface area contributed by atoms with Crippen LogP contribution in [0.2, 0.25) is 0 Å². The van der Waals surface area contributed by atoms with Gasteiger partial charge in [0, 0.05) is 11.8 Å². The van der Waals surface area contributed by atoms with Crippen molar-refractivity contribution in [3.8, 4) is 0 Å². The summed E-state index contributed by atoms with van der Waals surface area (Å²) in [6, 6.07) is 0. The largest absolute Gasteiger partial charge is 0.396 e. The van der Waals surface area contributed by atoms with Gasteiger partial charge in [-0.1, -0.05) is 26.0 Å². The Morgan fingerprint density at radius 3 is 2.61 bits per heavy atom. The van der Waals surface area contributed by atoms with Crippen molar-refractivity contribution < 1.29 is 14.9 Å². The average Bonchev–Trinajstić information content (AvgIpc) is 2.83. The third kappa shape index (κ3) is 1.46. The second-order valence-electron chi connectivity index (χ2n) is 9.91. The predicted molar refractivity (Wildman–Crippen MR) is 87.5 cm³/mol. The summed E-state index contributed by atoms with van der Waals surface area (Å²) in [5.74, 6) is 0.181. The lowest BCUT2D eigenvalue weighted by Crippen LogP contribution is -2.64. The van der Waals surface area contributed by atoms with Crippen LogP contribution in [0.1, 0.15) is 58.8 Å². The second kappa shape index (κ2) is 4.05. The summed E-state index contributed by atoms with van der Waals surface area (Å²) in [6.45, 7) is 5.18. The lowest BCUT2D eigenvalue weighted by Gasteiger charge is -2.64. The number of aliphatic hydroxyl groups excluding tert-OH is 1. The Morgan fingerprint density at radius 1 is 1.04 bits per heavy atom. The van der Waals surface area contributed by atoms with E-state index in [2.05, 4.69) is 26.0 Å². The summed E-state index contributed by atoms with van der Waals surface area (Å²) < 4.78 is 5.99. The normalized spacial score (nSPS) is 63.0. The topological polar surface area (TPSA) is 49.7 Å². The molecule has 3 saturated carbocycles. The molecule has 2 spiro atoms. The summed E-state index contributed by atoms with van der Waals surface area (Å²) in [5.41, 5.74) is 0.266. The molecule has 23 heavy (non-hydrogen) atoms. The van der Waals surface area contributed by atoms with Crippen LogP contribution < -0.4 is 0 Å². The smallest absolute Gasteiger partial charge is 0.173 e. The summed E-state index contributed by atoms with van der Waals surface area (Å²) in [4.78, 5) is 0. The molecule has 1 saturated heterocycles. The Hall–Kier alpha value is -0.380. The molecule has 2 N–H and O–H groups in total. The van der Waals surface area contributed by atoms with E-state index in [-0.39, 0.29) is 12.0 Å². The SMILES string of the molecule is C[C@@]12C=C[C@]3(CC[C@@]45CO[C@@](O)(CCC4[C@H]3CC1)[C@]5(C)CO)C2. The van der Waals surface area contributed by atoms with Crippen LogP contribution in [0.25, 0.3) is 0 Å². The molecule has 5 rings (SSSR count). The molecule has 0 aromatic carbocycles. The number of hydrogen-bond acceptors (Lipinski definition) is 3. The van der Waals surface area contributed by atoms with Gasteiger partial charge in [0.2, 0.25) is 0 Å². The van der Waals surface area contributed by atoms with Gasteiger partial charge >= 0.3 is 0 Å². The average molecular weight is 318 g/mol. The van der Waals surface area contributed by atoms with Gasteiger partial charge in [-0.3, -0.25) is 0 Å². The molecule has 4 fully saturated rings. The Labute approximate surface area is 139 Å². The summed E-state index contributed by atoms with van der Waals surface area (Å²) in [7, 11) is 0. The van der Waals surface area contributed by atoms with Gasteiger partial charge in [0.25, 0.3) is 0 Å². The lowest BCUT2D eigenvalue weighted by atomic mass is 9.40. The Morgan fingerprint density at radius 2 is 1.83 bits per heavy atom. The van der Waals surface area contributed by atoms with Gasteiger partial charge in [-0.25, -0.2) is 0 Å². The quantitative estimate of drug-likeness (QED) is 0.730. The molecule has 1 aliphatic heterocycles. The molecule has 7 atom stereocenters. The van der Waals surface area contributed by atoms with Crippen molar-refractivity contribution in [1.82, 2.24) is 0 Å². The minimum Gasteiger partial charge on any atom is -0.396 e. The van der Waals surface area contributed by atoms with Crippen molar-refractivity contribution in [2.24, 2.45) is 33.5 Å². The van der Waals surface area contributed by atoms with E-state index in [4.69, 9.17) is 4.74 Å². The molecule has 1 unspecified atom stereocenters. The molecule has 0 aromatic rings.